The second-order valence-electron chi connectivity index (χ2n) is 3.33. The molecule has 1 atom stereocenters. The molecule has 0 amide bonds. The fraction of sp³-hybridized carbons (Fsp3) is 0.400. The largest absolute Gasteiger partial charge is 0.454 e. The number of aliphatic hydroxyl groups excluding tert-OH is 1. The molecule has 15 heavy (non-hydrogen) atoms. The van der Waals surface area contributed by atoms with Crippen LogP contribution in [0.25, 0.3) is 0 Å². The fourth-order valence-corrected chi connectivity index (χ4v) is 1.78. The zero-order chi connectivity index (χ0) is 10.8. The molecular weight excluding hydrogens is 218 g/mol. The van der Waals surface area contributed by atoms with E-state index < -0.39 is 6.10 Å². The van der Waals surface area contributed by atoms with Crippen LogP contribution in [0.5, 0.6) is 11.5 Å². The minimum atomic E-state index is -0.609. The van der Waals surface area contributed by atoms with Crippen molar-refractivity contribution >= 4 is 11.6 Å². The van der Waals surface area contributed by atoms with E-state index in [-0.39, 0.29) is 6.79 Å². The smallest absolute Gasteiger partial charge is 0.231 e. The number of halogens is 1. The van der Waals surface area contributed by atoms with E-state index in [0.717, 1.165) is 0 Å². The first-order chi connectivity index (χ1) is 7.22. The van der Waals surface area contributed by atoms with E-state index in [1.54, 1.807) is 12.1 Å². The van der Waals surface area contributed by atoms with Crippen molar-refractivity contribution in [1.29, 1.82) is 0 Å². The van der Waals surface area contributed by atoms with Crippen LogP contribution < -0.4 is 15.2 Å². The molecule has 82 valence electrons. The number of fused-ring (bicyclic) bond motifs is 1. The van der Waals surface area contributed by atoms with Crippen molar-refractivity contribution in [2.75, 3.05) is 13.3 Å². The van der Waals surface area contributed by atoms with Gasteiger partial charge in [-0.15, -0.1) is 0 Å². The first kappa shape index (κ1) is 10.5. The number of ether oxygens (including phenoxy) is 2. The molecule has 2 rings (SSSR count). The summed E-state index contributed by atoms with van der Waals surface area (Å²) in [5, 5.41) is 10.2. The minimum absolute atomic E-state index is 0.172. The third-order valence-electron chi connectivity index (χ3n) is 2.27. The molecule has 0 radical (unpaired) electrons. The summed E-state index contributed by atoms with van der Waals surface area (Å²) in [5.74, 6) is 1.12. The molecule has 1 heterocycles. The number of hydrogen-bond donors (Lipinski definition) is 2. The number of hydrogen-bond acceptors (Lipinski definition) is 4. The third-order valence-corrected chi connectivity index (χ3v) is 2.56. The Bertz CT molecular complexity index is 370. The lowest BCUT2D eigenvalue weighted by atomic mass is 10.1. The summed E-state index contributed by atoms with van der Waals surface area (Å²) in [5.41, 5.74) is 6.07. The maximum Gasteiger partial charge on any atom is 0.231 e. The van der Waals surface area contributed by atoms with Crippen molar-refractivity contribution in [2.45, 2.75) is 12.5 Å². The highest BCUT2D eigenvalue weighted by atomic mass is 35.5. The standard InChI is InChI=1S/C10H12ClNO3/c11-7-3-6(8(13)1-2-12)4-9-10(7)15-5-14-9/h3-4,8,13H,1-2,5,12H2/t8-/m0/s1. The van der Waals surface area contributed by atoms with Gasteiger partial charge in [-0.05, 0) is 30.7 Å². The zero-order valence-corrected chi connectivity index (χ0v) is 8.83. The lowest BCUT2D eigenvalue weighted by Gasteiger charge is -2.11. The van der Waals surface area contributed by atoms with Gasteiger partial charge in [0.05, 0.1) is 11.1 Å². The van der Waals surface area contributed by atoms with E-state index in [1.165, 1.54) is 0 Å². The maximum atomic E-state index is 9.74. The quantitative estimate of drug-likeness (QED) is 0.824. The first-order valence-corrected chi connectivity index (χ1v) is 5.07. The fourth-order valence-electron chi connectivity index (χ4n) is 1.50. The SMILES string of the molecule is NCC[C@H](O)c1cc(Cl)c2c(c1)OCO2. The van der Waals surface area contributed by atoms with Crippen LogP contribution >= 0.6 is 11.6 Å². The Balaban J connectivity index is 2.30. The van der Waals surface area contributed by atoms with Crippen LogP contribution in [-0.2, 0) is 0 Å². The molecule has 1 aromatic carbocycles. The molecule has 0 unspecified atom stereocenters. The van der Waals surface area contributed by atoms with E-state index in [4.69, 9.17) is 26.8 Å². The number of aliphatic hydroxyl groups is 1. The highest BCUT2D eigenvalue weighted by Gasteiger charge is 2.20. The van der Waals surface area contributed by atoms with E-state index in [0.29, 0.717) is 35.1 Å². The van der Waals surface area contributed by atoms with E-state index in [9.17, 15) is 5.11 Å². The molecule has 1 aromatic rings. The van der Waals surface area contributed by atoms with Gasteiger partial charge in [0.2, 0.25) is 6.79 Å². The number of benzene rings is 1. The van der Waals surface area contributed by atoms with Gasteiger partial charge in [0.25, 0.3) is 0 Å². The molecule has 0 spiro atoms. The summed E-state index contributed by atoms with van der Waals surface area (Å²) >= 11 is 5.97. The van der Waals surface area contributed by atoms with Crippen molar-refractivity contribution < 1.29 is 14.6 Å². The molecule has 1 aliphatic heterocycles. The predicted octanol–water partition coefficient (Wildman–Crippen LogP) is 1.45. The first-order valence-electron chi connectivity index (χ1n) is 4.69. The topological polar surface area (TPSA) is 64.7 Å². The van der Waals surface area contributed by atoms with Crippen LogP contribution in [0.3, 0.4) is 0 Å². The molecule has 5 heteroatoms. The summed E-state index contributed by atoms with van der Waals surface area (Å²) in [4.78, 5) is 0. The molecule has 0 fully saturated rings. The minimum Gasteiger partial charge on any atom is -0.454 e. The van der Waals surface area contributed by atoms with E-state index in [2.05, 4.69) is 0 Å². The van der Waals surface area contributed by atoms with Gasteiger partial charge in [-0.3, -0.25) is 0 Å². The zero-order valence-electron chi connectivity index (χ0n) is 8.07. The monoisotopic (exact) mass is 229 g/mol. The van der Waals surface area contributed by atoms with Crippen molar-refractivity contribution in [3.05, 3.63) is 22.7 Å². The highest BCUT2D eigenvalue weighted by molar-refractivity contribution is 6.32. The average Bonchev–Trinajstić information content (AvgIpc) is 2.66. The molecule has 0 saturated carbocycles. The van der Waals surface area contributed by atoms with Crippen molar-refractivity contribution in [2.24, 2.45) is 5.73 Å². The average molecular weight is 230 g/mol. The van der Waals surface area contributed by atoms with Crippen molar-refractivity contribution in [3.63, 3.8) is 0 Å². The Morgan fingerprint density at radius 1 is 1.47 bits per heavy atom. The van der Waals surface area contributed by atoms with Gasteiger partial charge in [-0.2, -0.15) is 0 Å². The van der Waals surface area contributed by atoms with Gasteiger partial charge in [0.1, 0.15) is 0 Å². The molecule has 0 saturated heterocycles. The molecule has 1 aliphatic rings. The van der Waals surface area contributed by atoms with Gasteiger partial charge < -0.3 is 20.3 Å². The summed E-state index contributed by atoms with van der Waals surface area (Å²) in [6.45, 7) is 0.596. The lowest BCUT2D eigenvalue weighted by molar-refractivity contribution is 0.167. The molecule has 0 bridgehead atoms. The van der Waals surface area contributed by atoms with Crippen LogP contribution in [0.2, 0.25) is 5.02 Å². The summed E-state index contributed by atoms with van der Waals surface area (Å²) < 4.78 is 10.4. The molecule has 0 aromatic heterocycles. The van der Waals surface area contributed by atoms with Crippen LogP contribution in [0.4, 0.5) is 0 Å². The Hall–Kier alpha value is -0.970. The summed E-state index contributed by atoms with van der Waals surface area (Å²) in [7, 11) is 0. The Morgan fingerprint density at radius 2 is 2.27 bits per heavy atom. The van der Waals surface area contributed by atoms with Crippen LogP contribution in [0.1, 0.15) is 18.1 Å². The molecule has 0 aliphatic carbocycles. The van der Waals surface area contributed by atoms with Gasteiger partial charge >= 0.3 is 0 Å². The van der Waals surface area contributed by atoms with E-state index in [1.807, 2.05) is 0 Å². The van der Waals surface area contributed by atoms with Crippen molar-refractivity contribution in [1.82, 2.24) is 0 Å². The molecule has 4 nitrogen and oxygen atoms in total. The van der Waals surface area contributed by atoms with Gasteiger partial charge in [0, 0.05) is 0 Å². The Kier molecular flexibility index (Phi) is 3.00. The maximum absolute atomic E-state index is 9.74. The predicted molar refractivity (Wildman–Crippen MR) is 56.2 cm³/mol. The Labute approximate surface area is 92.5 Å². The van der Waals surface area contributed by atoms with Gasteiger partial charge in [-0.25, -0.2) is 0 Å². The molecule has 3 N–H and O–H groups in total. The van der Waals surface area contributed by atoms with E-state index >= 15 is 0 Å². The number of rotatable bonds is 3. The Morgan fingerprint density at radius 3 is 3.00 bits per heavy atom. The van der Waals surface area contributed by atoms with Crippen LogP contribution in [0.15, 0.2) is 12.1 Å². The molecular formula is C10H12ClNO3. The van der Waals surface area contributed by atoms with Crippen molar-refractivity contribution in [3.8, 4) is 11.5 Å². The van der Waals surface area contributed by atoms with Crippen LogP contribution in [0, 0.1) is 0 Å². The summed E-state index contributed by atoms with van der Waals surface area (Å²) in [6, 6.07) is 3.41. The van der Waals surface area contributed by atoms with Gasteiger partial charge in [0.15, 0.2) is 11.5 Å². The highest BCUT2D eigenvalue weighted by Crippen LogP contribution is 2.41. The third kappa shape index (κ3) is 2.02. The second kappa shape index (κ2) is 4.26. The lowest BCUT2D eigenvalue weighted by Crippen LogP contribution is -2.06. The number of nitrogens with two attached hydrogens (primary N) is 1. The summed E-state index contributed by atoms with van der Waals surface area (Å²) in [6.07, 6.45) is -0.113. The van der Waals surface area contributed by atoms with Gasteiger partial charge in [-0.1, -0.05) is 11.6 Å². The normalized spacial score (nSPS) is 15.4. The van der Waals surface area contributed by atoms with Crippen LogP contribution in [-0.4, -0.2) is 18.4 Å². The second-order valence-corrected chi connectivity index (χ2v) is 3.74.